The van der Waals surface area contributed by atoms with Crippen LogP contribution in [0.15, 0.2) is 6.07 Å². The molecule has 0 aliphatic heterocycles. The zero-order valence-electron chi connectivity index (χ0n) is 6.84. The third kappa shape index (κ3) is 1.97. The Hall–Kier alpha value is -1.25. The van der Waals surface area contributed by atoms with E-state index >= 15 is 0 Å². The van der Waals surface area contributed by atoms with Gasteiger partial charge in [-0.15, -0.1) is 0 Å². The Morgan fingerprint density at radius 2 is 2.29 bits per heavy atom. The quantitative estimate of drug-likeness (QED) is 0.826. The van der Waals surface area contributed by atoms with E-state index in [0.29, 0.717) is 0 Å². The van der Waals surface area contributed by atoms with Crippen molar-refractivity contribution in [3.05, 3.63) is 28.0 Å². The van der Waals surface area contributed by atoms with Gasteiger partial charge in [0.25, 0.3) is 6.43 Å². The highest BCUT2D eigenvalue weighted by molar-refractivity contribution is 6.32. The molecule has 0 atom stereocenters. The Bertz CT molecular complexity index is 390. The lowest BCUT2D eigenvalue weighted by molar-refractivity contribution is 0.145. The lowest BCUT2D eigenvalue weighted by atomic mass is 10.2. The van der Waals surface area contributed by atoms with E-state index in [1.807, 2.05) is 0 Å². The van der Waals surface area contributed by atoms with Crippen molar-refractivity contribution in [3.8, 4) is 6.07 Å². The number of alkyl halides is 2. The van der Waals surface area contributed by atoms with Gasteiger partial charge in [-0.3, -0.25) is 0 Å². The predicted octanol–water partition coefficient (Wildman–Crippen LogP) is 2.04. The minimum absolute atomic E-state index is 0.0773. The van der Waals surface area contributed by atoms with Gasteiger partial charge in [0, 0.05) is 5.56 Å². The number of hydrogen-bond donors (Lipinski definition) is 1. The van der Waals surface area contributed by atoms with Gasteiger partial charge < -0.3 is 5.11 Å². The highest BCUT2D eigenvalue weighted by atomic mass is 35.5. The van der Waals surface area contributed by atoms with Gasteiger partial charge >= 0.3 is 0 Å². The minimum Gasteiger partial charge on any atom is -0.392 e. The third-order valence-electron chi connectivity index (χ3n) is 1.55. The van der Waals surface area contributed by atoms with Gasteiger partial charge in [-0.2, -0.15) is 5.26 Å². The predicted molar refractivity (Wildman–Crippen MR) is 44.8 cm³/mol. The van der Waals surface area contributed by atoms with E-state index in [9.17, 15) is 8.78 Å². The summed E-state index contributed by atoms with van der Waals surface area (Å²) >= 11 is 5.60. The van der Waals surface area contributed by atoms with Crippen LogP contribution < -0.4 is 0 Å². The van der Waals surface area contributed by atoms with Crippen LogP contribution in [0.2, 0.25) is 5.02 Å². The van der Waals surface area contributed by atoms with Crippen molar-refractivity contribution in [2.45, 2.75) is 13.0 Å². The van der Waals surface area contributed by atoms with Gasteiger partial charge in [-0.1, -0.05) is 11.6 Å². The maximum absolute atomic E-state index is 12.2. The molecule has 74 valence electrons. The summed E-state index contributed by atoms with van der Waals surface area (Å²) in [7, 11) is 0. The maximum atomic E-state index is 12.2. The molecular weight excluding hydrogens is 214 g/mol. The summed E-state index contributed by atoms with van der Waals surface area (Å²) in [6.45, 7) is -0.504. The molecule has 6 heteroatoms. The molecular formula is C8H5ClF2N2O. The van der Waals surface area contributed by atoms with Gasteiger partial charge in [0.2, 0.25) is 0 Å². The van der Waals surface area contributed by atoms with Crippen LogP contribution in [0.5, 0.6) is 0 Å². The molecule has 1 N–H and O–H groups in total. The Labute approximate surface area is 83.6 Å². The van der Waals surface area contributed by atoms with Crippen molar-refractivity contribution in [2.75, 3.05) is 0 Å². The van der Waals surface area contributed by atoms with Crippen molar-refractivity contribution < 1.29 is 13.9 Å². The zero-order valence-corrected chi connectivity index (χ0v) is 7.59. The number of aromatic nitrogens is 1. The summed E-state index contributed by atoms with van der Waals surface area (Å²) in [5.74, 6) is 0. The molecule has 14 heavy (non-hydrogen) atoms. The first-order valence-electron chi connectivity index (χ1n) is 3.58. The number of hydrogen-bond acceptors (Lipinski definition) is 3. The van der Waals surface area contributed by atoms with Crippen LogP contribution in [0.25, 0.3) is 0 Å². The molecule has 0 saturated carbocycles. The average molecular weight is 219 g/mol. The van der Waals surface area contributed by atoms with Crippen molar-refractivity contribution >= 4 is 11.6 Å². The number of rotatable bonds is 2. The number of aliphatic hydroxyl groups excluding tert-OH is 1. The second kappa shape index (κ2) is 4.31. The highest BCUT2D eigenvalue weighted by Gasteiger charge is 2.15. The second-order valence-electron chi connectivity index (χ2n) is 2.44. The molecule has 1 aromatic rings. The summed E-state index contributed by atoms with van der Waals surface area (Å²) in [5.41, 5.74) is -0.781. The van der Waals surface area contributed by atoms with Gasteiger partial charge in [-0.05, 0) is 6.07 Å². The smallest absolute Gasteiger partial charge is 0.280 e. The Morgan fingerprint density at radius 1 is 1.64 bits per heavy atom. The second-order valence-corrected chi connectivity index (χ2v) is 2.82. The van der Waals surface area contributed by atoms with Crippen molar-refractivity contribution in [1.29, 1.82) is 5.26 Å². The van der Waals surface area contributed by atoms with Crippen LogP contribution in [-0.4, -0.2) is 10.1 Å². The SMILES string of the molecule is N#Cc1nc(C(F)F)cc(CO)c1Cl. The van der Waals surface area contributed by atoms with Gasteiger partial charge in [0.15, 0.2) is 5.69 Å². The monoisotopic (exact) mass is 218 g/mol. The van der Waals surface area contributed by atoms with Crippen LogP contribution in [0.1, 0.15) is 23.4 Å². The molecule has 0 aliphatic rings. The number of aliphatic hydroxyl groups is 1. The summed E-state index contributed by atoms with van der Waals surface area (Å²) in [4.78, 5) is 3.34. The van der Waals surface area contributed by atoms with Crippen molar-refractivity contribution in [3.63, 3.8) is 0 Å². The Morgan fingerprint density at radius 3 is 2.71 bits per heavy atom. The van der Waals surface area contributed by atoms with Crippen molar-refractivity contribution in [2.24, 2.45) is 0 Å². The summed E-state index contributed by atoms with van der Waals surface area (Å²) in [5, 5.41) is 17.2. The number of nitriles is 1. The third-order valence-corrected chi connectivity index (χ3v) is 1.97. The first kappa shape index (κ1) is 10.8. The van der Waals surface area contributed by atoms with Crippen LogP contribution >= 0.6 is 11.6 Å². The molecule has 0 saturated heterocycles. The fraction of sp³-hybridized carbons (Fsp3) is 0.250. The molecule has 0 fully saturated rings. The Kier molecular flexibility index (Phi) is 3.33. The van der Waals surface area contributed by atoms with E-state index in [1.54, 1.807) is 6.07 Å². The topological polar surface area (TPSA) is 56.9 Å². The van der Waals surface area contributed by atoms with E-state index in [0.717, 1.165) is 6.07 Å². The molecule has 1 rings (SSSR count). The maximum Gasteiger partial charge on any atom is 0.280 e. The molecule has 0 aromatic carbocycles. The fourth-order valence-corrected chi connectivity index (χ4v) is 1.10. The van der Waals surface area contributed by atoms with E-state index in [4.69, 9.17) is 22.0 Å². The van der Waals surface area contributed by atoms with E-state index < -0.39 is 18.7 Å². The first-order valence-corrected chi connectivity index (χ1v) is 3.96. The molecule has 0 radical (unpaired) electrons. The van der Waals surface area contributed by atoms with Gasteiger partial charge in [0.1, 0.15) is 11.8 Å². The van der Waals surface area contributed by atoms with Crippen molar-refractivity contribution in [1.82, 2.24) is 4.98 Å². The molecule has 0 spiro atoms. The molecule has 0 amide bonds. The summed E-state index contributed by atoms with van der Waals surface area (Å²) < 4.78 is 24.5. The van der Waals surface area contributed by atoms with Gasteiger partial charge in [-0.25, -0.2) is 13.8 Å². The van der Waals surface area contributed by atoms with E-state index in [1.165, 1.54) is 0 Å². The van der Waals surface area contributed by atoms with Crippen LogP contribution in [-0.2, 0) is 6.61 Å². The molecule has 3 nitrogen and oxygen atoms in total. The van der Waals surface area contributed by atoms with Gasteiger partial charge in [0.05, 0.1) is 11.6 Å². The standard InChI is InChI=1S/C8H5ClF2N2O/c9-7-4(3-14)1-5(8(10)11)13-6(7)2-12/h1,8,14H,3H2. The molecule has 0 bridgehead atoms. The fourth-order valence-electron chi connectivity index (χ4n) is 0.905. The highest BCUT2D eigenvalue weighted by Crippen LogP contribution is 2.25. The lowest BCUT2D eigenvalue weighted by Gasteiger charge is -2.05. The number of pyridine rings is 1. The zero-order chi connectivity index (χ0) is 10.7. The minimum atomic E-state index is -2.79. The van der Waals surface area contributed by atoms with E-state index in [-0.39, 0.29) is 16.3 Å². The first-order chi connectivity index (χ1) is 6.60. The average Bonchev–Trinajstić information content (AvgIpc) is 2.17. The molecule has 1 heterocycles. The number of halogens is 3. The molecule has 1 aromatic heterocycles. The normalized spacial score (nSPS) is 10.3. The molecule has 0 aliphatic carbocycles. The van der Waals surface area contributed by atoms with Crippen LogP contribution in [0.3, 0.4) is 0 Å². The van der Waals surface area contributed by atoms with Crippen LogP contribution in [0, 0.1) is 11.3 Å². The summed E-state index contributed by atoms with van der Waals surface area (Å²) in [6.07, 6.45) is -2.79. The Balaban J connectivity index is 3.34. The van der Waals surface area contributed by atoms with Crippen LogP contribution in [0.4, 0.5) is 8.78 Å². The number of nitrogens with zero attached hydrogens (tertiary/aromatic N) is 2. The summed E-state index contributed by atoms with van der Waals surface area (Å²) in [6, 6.07) is 2.56. The molecule has 0 unspecified atom stereocenters. The van der Waals surface area contributed by atoms with E-state index in [2.05, 4.69) is 4.98 Å². The largest absolute Gasteiger partial charge is 0.392 e. The lowest BCUT2D eigenvalue weighted by Crippen LogP contribution is -1.99.